The summed E-state index contributed by atoms with van der Waals surface area (Å²) in [6.45, 7) is 0. The number of nitrogens with two attached hydrogens (primary N) is 1. The zero-order valence-corrected chi connectivity index (χ0v) is 11.1. The average Bonchev–Trinajstić information content (AvgIpc) is 3.19. The molecule has 0 aliphatic heterocycles. The zero-order valence-electron chi connectivity index (χ0n) is 9.49. The van der Waals surface area contributed by atoms with E-state index in [1.54, 1.807) is 6.20 Å². The van der Waals surface area contributed by atoms with Crippen LogP contribution in [-0.2, 0) is 0 Å². The van der Waals surface area contributed by atoms with Crippen molar-refractivity contribution in [1.82, 2.24) is 9.97 Å². The number of nitrogens with zero attached hydrogens (tertiary/aromatic N) is 2. The van der Waals surface area contributed by atoms with Crippen molar-refractivity contribution in [2.24, 2.45) is 17.7 Å². The molecule has 2 aliphatic rings. The lowest BCUT2D eigenvalue weighted by molar-refractivity contribution is 0.565. The molecule has 0 spiro atoms. The Hall–Kier alpha value is -0.880. The van der Waals surface area contributed by atoms with E-state index in [0.717, 1.165) is 22.1 Å². The summed E-state index contributed by atoms with van der Waals surface area (Å²) in [5, 5.41) is 3.55. The Labute approximate surface area is 109 Å². The molecule has 3 rings (SSSR count). The van der Waals surface area contributed by atoms with Crippen LogP contribution in [0.25, 0.3) is 0 Å². The maximum absolute atomic E-state index is 5.33. The van der Waals surface area contributed by atoms with E-state index in [9.17, 15) is 0 Å². The first-order valence-electron chi connectivity index (χ1n) is 6.03. The van der Waals surface area contributed by atoms with Crippen molar-refractivity contribution >= 4 is 27.7 Å². The Kier molecular flexibility index (Phi) is 2.92. The molecule has 0 radical (unpaired) electrons. The summed E-state index contributed by atoms with van der Waals surface area (Å²) < 4.78 is 0.891. The lowest BCUT2D eigenvalue weighted by Gasteiger charge is -2.19. The van der Waals surface area contributed by atoms with E-state index in [0.29, 0.717) is 12.0 Å². The number of hydrogen-bond donors (Lipinski definition) is 3. The molecule has 2 saturated carbocycles. The third-order valence-corrected chi connectivity index (χ3v) is 4.02. The molecule has 0 aromatic carbocycles. The molecule has 5 nitrogen and oxygen atoms in total. The molecule has 0 saturated heterocycles. The van der Waals surface area contributed by atoms with Gasteiger partial charge in [0.2, 0.25) is 5.95 Å². The van der Waals surface area contributed by atoms with Crippen molar-refractivity contribution in [2.45, 2.75) is 31.7 Å². The van der Waals surface area contributed by atoms with Crippen molar-refractivity contribution in [3.05, 3.63) is 10.7 Å². The normalized spacial score (nSPS) is 19.5. The lowest BCUT2D eigenvalue weighted by atomic mass is 10.1. The maximum atomic E-state index is 5.33. The molecule has 0 bridgehead atoms. The van der Waals surface area contributed by atoms with Gasteiger partial charge >= 0.3 is 0 Å². The summed E-state index contributed by atoms with van der Waals surface area (Å²) in [6.07, 6.45) is 7.11. The molecule has 0 amide bonds. The molecular formula is C11H16BrN5. The number of nitrogen functional groups attached to an aromatic ring is 1. The first-order valence-corrected chi connectivity index (χ1v) is 6.83. The van der Waals surface area contributed by atoms with Crippen LogP contribution in [0.15, 0.2) is 10.7 Å². The molecule has 1 aromatic rings. The highest BCUT2D eigenvalue weighted by Gasteiger charge is 2.41. The highest BCUT2D eigenvalue weighted by atomic mass is 79.9. The van der Waals surface area contributed by atoms with Gasteiger partial charge in [-0.25, -0.2) is 10.8 Å². The Morgan fingerprint density at radius 3 is 2.47 bits per heavy atom. The quantitative estimate of drug-likeness (QED) is 0.573. The van der Waals surface area contributed by atoms with Crippen LogP contribution in [0.5, 0.6) is 0 Å². The fraction of sp³-hybridized carbons (Fsp3) is 0.636. The standard InChI is InChI=1S/C11H16BrN5/c12-8-5-14-11(17-13)16-10(8)15-9(6-1-2-6)7-3-4-7/h5-7,9H,1-4,13H2,(H2,14,15,16,17). The van der Waals surface area contributed by atoms with Crippen molar-refractivity contribution < 1.29 is 0 Å². The predicted octanol–water partition coefficient (Wildman–Crippen LogP) is 2.13. The molecule has 2 aliphatic carbocycles. The van der Waals surface area contributed by atoms with Crippen LogP contribution in [0.2, 0.25) is 0 Å². The first kappa shape index (κ1) is 11.2. The number of rotatable bonds is 5. The average molecular weight is 298 g/mol. The summed E-state index contributed by atoms with van der Waals surface area (Å²) in [6, 6.07) is 0.576. The number of halogens is 1. The molecule has 1 heterocycles. The van der Waals surface area contributed by atoms with Crippen LogP contribution >= 0.6 is 15.9 Å². The first-order chi connectivity index (χ1) is 8.28. The third-order valence-electron chi connectivity index (χ3n) is 3.44. The second kappa shape index (κ2) is 4.42. The van der Waals surface area contributed by atoms with E-state index in [4.69, 9.17) is 5.84 Å². The summed E-state index contributed by atoms with van der Waals surface area (Å²) in [5.41, 5.74) is 2.47. The molecule has 0 unspecified atom stereocenters. The van der Waals surface area contributed by atoms with Gasteiger partial charge in [0.25, 0.3) is 0 Å². The van der Waals surface area contributed by atoms with E-state index < -0.39 is 0 Å². The zero-order chi connectivity index (χ0) is 11.8. The minimum atomic E-state index is 0.445. The van der Waals surface area contributed by atoms with E-state index in [1.165, 1.54) is 25.7 Å². The van der Waals surface area contributed by atoms with Crippen molar-refractivity contribution in [1.29, 1.82) is 0 Å². The molecule has 4 N–H and O–H groups in total. The van der Waals surface area contributed by atoms with Gasteiger partial charge in [0, 0.05) is 12.2 Å². The van der Waals surface area contributed by atoms with Crippen molar-refractivity contribution in [3.63, 3.8) is 0 Å². The highest BCUT2D eigenvalue weighted by molar-refractivity contribution is 9.10. The summed E-state index contributed by atoms with van der Waals surface area (Å²) in [4.78, 5) is 8.40. The number of nitrogens with one attached hydrogen (secondary N) is 2. The Morgan fingerprint density at radius 2 is 1.94 bits per heavy atom. The Balaban J connectivity index is 1.77. The largest absolute Gasteiger partial charge is 0.366 e. The van der Waals surface area contributed by atoms with Crippen LogP contribution in [0.3, 0.4) is 0 Å². The molecule has 17 heavy (non-hydrogen) atoms. The fourth-order valence-electron chi connectivity index (χ4n) is 2.23. The van der Waals surface area contributed by atoms with Gasteiger partial charge < -0.3 is 5.32 Å². The van der Waals surface area contributed by atoms with Crippen LogP contribution < -0.4 is 16.6 Å². The second-order valence-corrected chi connectivity index (χ2v) is 5.73. The second-order valence-electron chi connectivity index (χ2n) is 4.88. The summed E-state index contributed by atoms with van der Waals surface area (Å²) in [5.74, 6) is 8.28. The van der Waals surface area contributed by atoms with Gasteiger partial charge in [-0.05, 0) is 53.4 Å². The lowest BCUT2D eigenvalue weighted by Crippen LogP contribution is -2.25. The number of hydrazine groups is 1. The van der Waals surface area contributed by atoms with E-state index in [2.05, 4.69) is 36.6 Å². The fourth-order valence-corrected chi connectivity index (χ4v) is 2.53. The predicted molar refractivity (Wildman–Crippen MR) is 70.4 cm³/mol. The van der Waals surface area contributed by atoms with Gasteiger partial charge in [-0.15, -0.1) is 0 Å². The SMILES string of the molecule is NNc1ncc(Br)c(NC(C2CC2)C2CC2)n1. The van der Waals surface area contributed by atoms with Crippen molar-refractivity contribution in [2.75, 3.05) is 10.7 Å². The summed E-state index contributed by atoms with van der Waals surface area (Å²) in [7, 11) is 0. The van der Waals surface area contributed by atoms with E-state index >= 15 is 0 Å². The van der Waals surface area contributed by atoms with Crippen LogP contribution in [0, 0.1) is 11.8 Å². The highest BCUT2D eigenvalue weighted by Crippen LogP contribution is 2.46. The van der Waals surface area contributed by atoms with Crippen LogP contribution in [0.1, 0.15) is 25.7 Å². The number of hydrogen-bond acceptors (Lipinski definition) is 5. The molecule has 0 atom stereocenters. The summed E-state index contributed by atoms with van der Waals surface area (Å²) >= 11 is 3.47. The van der Waals surface area contributed by atoms with Gasteiger partial charge in [-0.1, -0.05) is 0 Å². The molecule has 1 aromatic heterocycles. The molecule has 2 fully saturated rings. The van der Waals surface area contributed by atoms with Gasteiger partial charge in [0.1, 0.15) is 5.82 Å². The minimum Gasteiger partial charge on any atom is -0.366 e. The van der Waals surface area contributed by atoms with Gasteiger partial charge in [-0.2, -0.15) is 4.98 Å². The van der Waals surface area contributed by atoms with Crippen molar-refractivity contribution in [3.8, 4) is 0 Å². The Bertz CT molecular complexity index is 404. The smallest absolute Gasteiger partial charge is 0.239 e. The number of anilines is 2. The minimum absolute atomic E-state index is 0.445. The third kappa shape index (κ3) is 2.52. The Morgan fingerprint density at radius 1 is 1.29 bits per heavy atom. The molecular weight excluding hydrogens is 282 g/mol. The van der Waals surface area contributed by atoms with Gasteiger partial charge in [0.15, 0.2) is 0 Å². The molecule has 6 heteroatoms. The van der Waals surface area contributed by atoms with E-state index in [-0.39, 0.29) is 0 Å². The van der Waals surface area contributed by atoms with Crippen LogP contribution in [-0.4, -0.2) is 16.0 Å². The van der Waals surface area contributed by atoms with Gasteiger partial charge in [-0.3, -0.25) is 5.43 Å². The van der Waals surface area contributed by atoms with Crippen LogP contribution in [0.4, 0.5) is 11.8 Å². The monoisotopic (exact) mass is 297 g/mol. The number of aromatic nitrogens is 2. The van der Waals surface area contributed by atoms with Gasteiger partial charge in [0.05, 0.1) is 4.47 Å². The molecule has 92 valence electrons. The topological polar surface area (TPSA) is 75.9 Å². The maximum Gasteiger partial charge on any atom is 0.239 e. The van der Waals surface area contributed by atoms with E-state index in [1.807, 2.05) is 0 Å².